The Hall–Kier alpha value is -3.22. The second-order valence-corrected chi connectivity index (χ2v) is 4.88. The summed E-state index contributed by atoms with van der Waals surface area (Å²) in [6.07, 6.45) is 0. The third-order valence-corrected chi connectivity index (χ3v) is 3.32. The van der Waals surface area contributed by atoms with Gasteiger partial charge in [0, 0.05) is 5.56 Å². The predicted octanol–water partition coefficient (Wildman–Crippen LogP) is 1.76. The minimum atomic E-state index is -0.603. The molecule has 24 heavy (non-hydrogen) atoms. The molecule has 0 aliphatic carbocycles. The molecule has 0 radical (unpaired) electrons. The normalized spacial score (nSPS) is 11.7. The zero-order chi connectivity index (χ0) is 16.9. The van der Waals surface area contributed by atoms with Gasteiger partial charge in [0.1, 0.15) is 6.54 Å². The molecule has 124 valence electrons. The first-order valence-electron chi connectivity index (χ1n) is 7.19. The summed E-state index contributed by atoms with van der Waals surface area (Å²) < 4.78 is 20.7. The molecule has 1 aliphatic rings. The Morgan fingerprint density at radius 3 is 2.62 bits per heavy atom. The van der Waals surface area contributed by atoms with Gasteiger partial charge in [-0.2, -0.15) is 0 Å². The van der Waals surface area contributed by atoms with Crippen molar-refractivity contribution in [3.63, 3.8) is 0 Å². The van der Waals surface area contributed by atoms with E-state index >= 15 is 0 Å². The first-order chi connectivity index (χ1) is 11.7. The zero-order valence-corrected chi connectivity index (χ0v) is 12.9. The summed E-state index contributed by atoms with van der Waals surface area (Å²) >= 11 is 0. The molecule has 2 aromatic carbocycles. The molecule has 0 saturated carbocycles. The summed E-state index contributed by atoms with van der Waals surface area (Å²) in [5, 5.41) is 2.50. The van der Waals surface area contributed by atoms with Gasteiger partial charge in [-0.1, -0.05) is 12.1 Å². The molecule has 0 aromatic heterocycles. The van der Waals surface area contributed by atoms with Gasteiger partial charge in [0.05, 0.1) is 7.11 Å². The minimum absolute atomic E-state index is 0.131. The van der Waals surface area contributed by atoms with Crippen molar-refractivity contribution in [2.75, 3.05) is 20.4 Å². The van der Waals surface area contributed by atoms with Crippen LogP contribution in [-0.2, 0) is 4.79 Å². The highest BCUT2D eigenvalue weighted by molar-refractivity contribution is 5.96. The van der Waals surface area contributed by atoms with E-state index in [-0.39, 0.29) is 13.3 Å². The lowest BCUT2D eigenvalue weighted by molar-refractivity contribution is -0.133. The molecule has 0 saturated heterocycles. The van der Waals surface area contributed by atoms with Crippen molar-refractivity contribution in [2.45, 2.75) is 0 Å². The number of ether oxygens (including phenoxy) is 4. The zero-order valence-electron chi connectivity index (χ0n) is 12.9. The van der Waals surface area contributed by atoms with Gasteiger partial charge in [-0.3, -0.25) is 4.79 Å². The Labute approximate surface area is 138 Å². The van der Waals surface area contributed by atoms with Crippen molar-refractivity contribution < 1.29 is 28.5 Å². The van der Waals surface area contributed by atoms with E-state index in [1.54, 1.807) is 42.5 Å². The molecule has 7 nitrogen and oxygen atoms in total. The third-order valence-electron chi connectivity index (χ3n) is 3.32. The van der Waals surface area contributed by atoms with E-state index < -0.39 is 11.9 Å². The third kappa shape index (κ3) is 3.40. The molecule has 1 heterocycles. The Balaban J connectivity index is 1.57. The molecular weight excluding hydrogens is 314 g/mol. The van der Waals surface area contributed by atoms with Gasteiger partial charge in [-0.25, -0.2) is 4.79 Å². The van der Waals surface area contributed by atoms with E-state index in [1.807, 2.05) is 0 Å². The molecule has 0 atom stereocenters. The Kier molecular flexibility index (Phi) is 4.51. The van der Waals surface area contributed by atoms with Crippen molar-refractivity contribution in [2.24, 2.45) is 0 Å². The van der Waals surface area contributed by atoms with Crippen molar-refractivity contribution in [3.05, 3.63) is 48.0 Å². The summed E-state index contributed by atoms with van der Waals surface area (Å²) in [5.41, 5.74) is 0.365. The number of methoxy groups -OCH3 is 1. The van der Waals surface area contributed by atoms with Crippen LogP contribution in [0.15, 0.2) is 42.5 Å². The number of rotatable bonds is 5. The average molecular weight is 329 g/mol. The molecule has 7 heteroatoms. The van der Waals surface area contributed by atoms with Crippen LogP contribution in [0, 0.1) is 0 Å². The predicted molar refractivity (Wildman–Crippen MR) is 83.5 cm³/mol. The van der Waals surface area contributed by atoms with Crippen LogP contribution < -0.4 is 24.3 Å². The number of para-hydroxylation sites is 2. The van der Waals surface area contributed by atoms with Crippen molar-refractivity contribution in [1.82, 2.24) is 5.32 Å². The quantitative estimate of drug-likeness (QED) is 0.665. The smallest absolute Gasteiger partial charge is 0.330 e. The van der Waals surface area contributed by atoms with E-state index in [1.165, 1.54) is 7.11 Å². The van der Waals surface area contributed by atoms with E-state index in [2.05, 4.69) is 5.32 Å². The molecular formula is C17H15NO6. The van der Waals surface area contributed by atoms with E-state index in [9.17, 15) is 9.59 Å². The molecule has 1 N–H and O–H groups in total. The Morgan fingerprint density at radius 2 is 1.83 bits per heavy atom. The highest BCUT2D eigenvalue weighted by atomic mass is 16.7. The topological polar surface area (TPSA) is 83.1 Å². The molecule has 3 rings (SSSR count). The molecule has 0 bridgehead atoms. The van der Waals surface area contributed by atoms with Crippen LogP contribution >= 0.6 is 0 Å². The van der Waals surface area contributed by atoms with E-state index in [0.29, 0.717) is 28.6 Å². The van der Waals surface area contributed by atoms with Gasteiger partial charge in [0.25, 0.3) is 5.91 Å². The van der Waals surface area contributed by atoms with Crippen LogP contribution in [-0.4, -0.2) is 32.3 Å². The maximum Gasteiger partial charge on any atom is 0.330 e. The fraction of sp³-hybridized carbons (Fsp3) is 0.176. The lowest BCUT2D eigenvalue weighted by Crippen LogP contribution is -2.31. The molecule has 0 spiro atoms. The largest absolute Gasteiger partial charge is 0.493 e. The Morgan fingerprint density at radius 1 is 1.08 bits per heavy atom. The molecule has 0 unspecified atom stereocenters. The summed E-state index contributed by atoms with van der Waals surface area (Å²) in [6, 6.07) is 11.6. The molecule has 2 aromatic rings. The van der Waals surface area contributed by atoms with Crippen LogP contribution in [0.1, 0.15) is 10.4 Å². The van der Waals surface area contributed by atoms with Gasteiger partial charge < -0.3 is 24.3 Å². The number of hydrogen-bond acceptors (Lipinski definition) is 6. The van der Waals surface area contributed by atoms with Gasteiger partial charge in [-0.05, 0) is 30.3 Å². The number of esters is 1. The maximum atomic E-state index is 12.1. The van der Waals surface area contributed by atoms with E-state index in [4.69, 9.17) is 18.9 Å². The van der Waals surface area contributed by atoms with Crippen LogP contribution in [0.2, 0.25) is 0 Å². The minimum Gasteiger partial charge on any atom is -0.493 e. The van der Waals surface area contributed by atoms with Crippen LogP contribution in [0.4, 0.5) is 0 Å². The standard InChI is InChI=1S/C17H15NO6/c1-21-12-4-2-3-5-14(12)24-16(19)9-18-17(20)11-6-7-13-15(8-11)23-10-22-13/h2-8H,9-10H2,1H3,(H,18,20). The van der Waals surface area contributed by atoms with Crippen LogP contribution in [0.3, 0.4) is 0 Å². The highest BCUT2D eigenvalue weighted by Crippen LogP contribution is 2.32. The maximum absolute atomic E-state index is 12.1. The number of hydrogen-bond donors (Lipinski definition) is 1. The van der Waals surface area contributed by atoms with Crippen molar-refractivity contribution >= 4 is 11.9 Å². The van der Waals surface area contributed by atoms with Gasteiger partial charge in [0.2, 0.25) is 6.79 Å². The lowest BCUT2D eigenvalue weighted by Gasteiger charge is -2.09. The summed E-state index contributed by atoms with van der Waals surface area (Å²) in [4.78, 5) is 24.0. The first-order valence-corrected chi connectivity index (χ1v) is 7.19. The highest BCUT2D eigenvalue weighted by Gasteiger charge is 2.17. The summed E-state index contributed by atoms with van der Waals surface area (Å²) in [7, 11) is 1.48. The fourth-order valence-electron chi connectivity index (χ4n) is 2.15. The fourth-order valence-corrected chi connectivity index (χ4v) is 2.15. The number of fused-ring (bicyclic) bond motifs is 1. The van der Waals surface area contributed by atoms with Gasteiger partial charge >= 0.3 is 5.97 Å². The van der Waals surface area contributed by atoms with Crippen molar-refractivity contribution in [3.8, 4) is 23.0 Å². The molecule has 1 amide bonds. The second kappa shape index (κ2) is 6.91. The number of amides is 1. The summed E-state index contributed by atoms with van der Waals surface area (Å²) in [6.45, 7) is -0.142. The number of carbonyl (C=O) groups is 2. The average Bonchev–Trinajstić information content (AvgIpc) is 3.07. The first kappa shape index (κ1) is 15.7. The van der Waals surface area contributed by atoms with Gasteiger partial charge in [0.15, 0.2) is 23.0 Å². The lowest BCUT2D eigenvalue weighted by atomic mass is 10.2. The van der Waals surface area contributed by atoms with E-state index in [0.717, 1.165) is 0 Å². The number of nitrogens with one attached hydrogen (secondary N) is 1. The van der Waals surface area contributed by atoms with Crippen molar-refractivity contribution in [1.29, 1.82) is 0 Å². The number of benzene rings is 2. The Bertz CT molecular complexity index is 773. The van der Waals surface area contributed by atoms with Gasteiger partial charge in [-0.15, -0.1) is 0 Å². The molecule has 1 aliphatic heterocycles. The summed E-state index contributed by atoms with van der Waals surface area (Å²) in [5.74, 6) is 0.801. The number of carbonyl (C=O) groups excluding carboxylic acids is 2. The van der Waals surface area contributed by atoms with Crippen LogP contribution in [0.25, 0.3) is 0 Å². The monoisotopic (exact) mass is 329 g/mol. The molecule has 0 fully saturated rings. The SMILES string of the molecule is COc1ccccc1OC(=O)CNC(=O)c1ccc2c(c1)OCO2. The van der Waals surface area contributed by atoms with Crippen LogP contribution in [0.5, 0.6) is 23.0 Å². The second-order valence-electron chi connectivity index (χ2n) is 4.88.